The van der Waals surface area contributed by atoms with E-state index in [9.17, 15) is 0 Å². The molecule has 1 rings (SSSR count). The van der Waals surface area contributed by atoms with Gasteiger partial charge < -0.3 is 11.1 Å². The maximum Gasteiger partial charge on any atom is 0.0283 e. The van der Waals surface area contributed by atoms with Gasteiger partial charge in [0.1, 0.15) is 0 Å². The summed E-state index contributed by atoms with van der Waals surface area (Å²) in [5.74, 6) is 0. The van der Waals surface area contributed by atoms with Crippen molar-refractivity contribution < 1.29 is 0 Å². The summed E-state index contributed by atoms with van der Waals surface area (Å²) in [5.41, 5.74) is 10.4. The van der Waals surface area contributed by atoms with Crippen LogP contribution in [0.25, 0.3) is 18.7 Å². The zero-order valence-corrected chi connectivity index (χ0v) is 12.2. The number of rotatable bonds is 3. The Morgan fingerprint density at radius 3 is 2.42 bits per heavy atom. The molecule has 0 aliphatic rings. The van der Waals surface area contributed by atoms with Gasteiger partial charge in [-0.3, -0.25) is 0 Å². The van der Waals surface area contributed by atoms with Crippen LogP contribution in [0.2, 0.25) is 0 Å². The maximum atomic E-state index is 7.42. The molecule has 0 atom stereocenters. The molecule has 0 radical (unpaired) electrons. The molecule has 1 aromatic rings. The van der Waals surface area contributed by atoms with Gasteiger partial charge in [-0.2, -0.15) is 0 Å². The molecule has 0 unspecified atom stereocenters. The Morgan fingerprint density at radius 2 is 1.89 bits per heavy atom. The second kappa shape index (κ2) is 6.19. The Labute approximate surface area is 115 Å². The van der Waals surface area contributed by atoms with E-state index in [0.29, 0.717) is 5.71 Å². The molecule has 0 heterocycles. The zero-order valence-electron chi connectivity index (χ0n) is 12.2. The minimum absolute atomic E-state index is 0.540. The summed E-state index contributed by atoms with van der Waals surface area (Å²) >= 11 is 0. The van der Waals surface area contributed by atoms with Crippen LogP contribution in [0.3, 0.4) is 0 Å². The molecule has 0 spiro atoms. The van der Waals surface area contributed by atoms with Crippen LogP contribution in [0.4, 0.5) is 0 Å². The number of hydrogen-bond acceptors (Lipinski definition) is 2. The molecule has 2 nitrogen and oxygen atoms in total. The van der Waals surface area contributed by atoms with Crippen molar-refractivity contribution in [3.05, 3.63) is 51.0 Å². The summed E-state index contributed by atoms with van der Waals surface area (Å²) in [4.78, 5) is 0. The molecule has 0 fully saturated rings. The zero-order chi connectivity index (χ0) is 14.6. The number of hydrogen-bond donors (Lipinski definition) is 2. The molecular formula is C17H22N2. The van der Waals surface area contributed by atoms with Gasteiger partial charge in [0.2, 0.25) is 0 Å². The van der Waals surface area contributed by atoms with Crippen LogP contribution >= 0.6 is 0 Å². The fourth-order valence-corrected chi connectivity index (χ4v) is 1.67. The van der Waals surface area contributed by atoms with Crippen molar-refractivity contribution in [2.75, 3.05) is 0 Å². The summed E-state index contributed by atoms with van der Waals surface area (Å²) < 4.78 is 0. The van der Waals surface area contributed by atoms with Crippen LogP contribution in [0.1, 0.15) is 31.9 Å². The lowest BCUT2D eigenvalue weighted by atomic mass is 10.0. The van der Waals surface area contributed by atoms with Crippen molar-refractivity contribution in [2.24, 2.45) is 5.73 Å². The summed E-state index contributed by atoms with van der Waals surface area (Å²) in [6.45, 7) is 11.8. The van der Waals surface area contributed by atoms with Crippen LogP contribution in [-0.4, -0.2) is 5.71 Å². The average Bonchev–Trinajstić information content (AvgIpc) is 2.33. The Kier molecular flexibility index (Phi) is 4.87. The van der Waals surface area contributed by atoms with Crippen molar-refractivity contribution >= 4 is 24.4 Å². The molecule has 0 aliphatic heterocycles. The Hall–Kier alpha value is -2.09. The van der Waals surface area contributed by atoms with Crippen LogP contribution in [0.5, 0.6) is 0 Å². The molecule has 0 saturated carbocycles. The quantitative estimate of drug-likeness (QED) is 0.800. The molecule has 3 N–H and O–H groups in total. The van der Waals surface area contributed by atoms with E-state index in [-0.39, 0.29) is 0 Å². The first-order valence-corrected chi connectivity index (χ1v) is 6.29. The largest absolute Gasteiger partial charge is 0.402 e. The molecule has 0 aliphatic carbocycles. The van der Waals surface area contributed by atoms with Gasteiger partial charge in [0.05, 0.1) is 0 Å². The first-order valence-electron chi connectivity index (χ1n) is 6.29. The predicted molar refractivity (Wildman–Crippen MR) is 85.4 cm³/mol. The van der Waals surface area contributed by atoms with Crippen LogP contribution < -0.4 is 16.2 Å². The molecule has 1 aromatic carbocycles. The van der Waals surface area contributed by atoms with Gasteiger partial charge in [-0.25, -0.2) is 0 Å². The van der Waals surface area contributed by atoms with E-state index in [4.69, 9.17) is 11.1 Å². The molecular weight excluding hydrogens is 232 g/mol. The van der Waals surface area contributed by atoms with E-state index in [2.05, 4.69) is 18.7 Å². The molecule has 100 valence electrons. The molecule has 0 saturated heterocycles. The van der Waals surface area contributed by atoms with E-state index in [1.54, 1.807) is 13.0 Å². The summed E-state index contributed by atoms with van der Waals surface area (Å²) in [6, 6.07) is 4.09. The summed E-state index contributed by atoms with van der Waals surface area (Å²) in [6.07, 6.45) is 5.80. The number of nitrogens with two attached hydrogens (primary N) is 1. The van der Waals surface area contributed by atoms with E-state index in [1.165, 1.54) is 0 Å². The monoisotopic (exact) mass is 254 g/mol. The van der Waals surface area contributed by atoms with E-state index >= 15 is 0 Å². The lowest BCUT2D eigenvalue weighted by Crippen LogP contribution is -2.26. The van der Waals surface area contributed by atoms with Crippen molar-refractivity contribution in [2.45, 2.75) is 27.7 Å². The molecule has 0 bridgehead atoms. The van der Waals surface area contributed by atoms with Crippen LogP contribution in [-0.2, 0) is 0 Å². The Balaban J connectivity index is 3.38. The van der Waals surface area contributed by atoms with Gasteiger partial charge in [-0.1, -0.05) is 24.8 Å². The number of allylic oxidation sites excluding steroid dienone is 3. The predicted octanol–water partition coefficient (Wildman–Crippen LogP) is 2.49. The topological polar surface area (TPSA) is 49.9 Å². The van der Waals surface area contributed by atoms with Crippen LogP contribution in [0, 0.1) is 12.3 Å². The highest BCUT2D eigenvalue weighted by Gasteiger charge is 1.97. The smallest absolute Gasteiger partial charge is 0.0283 e. The second-order valence-electron chi connectivity index (χ2n) is 4.87. The van der Waals surface area contributed by atoms with Crippen LogP contribution in [0.15, 0.2) is 29.5 Å². The van der Waals surface area contributed by atoms with Gasteiger partial charge >= 0.3 is 0 Å². The number of nitrogens with one attached hydrogen (secondary N) is 1. The van der Waals surface area contributed by atoms with E-state index < -0.39 is 0 Å². The van der Waals surface area contributed by atoms with Gasteiger partial charge in [0, 0.05) is 11.4 Å². The number of benzene rings is 1. The van der Waals surface area contributed by atoms with Gasteiger partial charge in [-0.05, 0) is 67.0 Å². The van der Waals surface area contributed by atoms with E-state index in [1.807, 2.05) is 32.9 Å². The van der Waals surface area contributed by atoms with Crippen molar-refractivity contribution in [1.82, 2.24) is 0 Å². The third kappa shape index (κ3) is 3.95. The molecule has 19 heavy (non-hydrogen) atoms. The minimum Gasteiger partial charge on any atom is -0.402 e. The average molecular weight is 254 g/mol. The third-order valence-electron chi connectivity index (χ3n) is 3.18. The first-order chi connectivity index (χ1) is 8.82. The summed E-state index contributed by atoms with van der Waals surface area (Å²) in [5, 5.41) is 9.51. The van der Waals surface area contributed by atoms with Gasteiger partial charge in [0.25, 0.3) is 0 Å². The highest BCUT2D eigenvalue weighted by atomic mass is 14.5. The molecule has 2 heteroatoms. The highest BCUT2D eigenvalue weighted by molar-refractivity contribution is 5.93. The fourth-order valence-electron chi connectivity index (χ4n) is 1.67. The Bertz CT molecular complexity index is 657. The van der Waals surface area contributed by atoms with E-state index in [0.717, 1.165) is 32.8 Å². The molecule has 0 aromatic heterocycles. The van der Waals surface area contributed by atoms with Crippen molar-refractivity contribution in [3.63, 3.8) is 0 Å². The normalized spacial score (nSPS) is 13.8. The Morgan fingerprint density at radius 1 is 1.26 bits per heavy atom. The van der Waals surface area contributed by atoms with Gasteiger partial charge in [-0.15, -0.1) is 0 Å². The fraction of sp³-hybridized carbons (Fsp3) is 0.235. The first kappa shape index (κ1) is 15.0. The van der Waals surface area contributed by atoms with Gasteiger partial charge in [0.15, 0.2) is 0 Å². The minimum atomic E-state index is 0.540. The van der Waals surface area contributed by atoms with Crippen molar-refractivity contribution in [3.8, 4) is 0 Å². The second-order valence-corrected chi connectivity index (χ2v) is 4.87. The standard InChI is InChI=1S/C17H22N2/c1-11(15(5)19)10-17-9-8-16(7-6-12(2)18)13(3)14(17)4/h6-10,18H,4,19H2,1-3,5H3/b7-6-,15-11-,17-10-,18-12?. The maximum absolute atomic E-state index is 7.42. The summed E-state index contributed by atoms with van der Waals surface area (Å²) in [7, 11) is 0. The lowest BCUT2D eigenvalue weighted by molar-refractivity contribution is 1.25. The van der Waals surface area contributed by atoms with Crippen molar-refractivity contribution in [1.29, 1.82) is 5.41 Å². The SMILES string of the molecule is C=c1c(C)c(/C=C\C(C)=N)cc/c1=C/C(C)=C(/C)N. The highest BCUT2D eigenvalue weighted by Crippen LogP contribution is 2.04. The lowest BCUT2D eigenvalue weighted by Gasteiger charge is -2.03. The third-order valence-corrected chi connectivity index (χ3v) is 3.18. The molecule has 0 amide bonds.